The zero-order valence-corrected chi connectivity index (χ0v) is 13.8. The number of thiocarbonyl (C=S) groups is 2. The van der Waals surface area contributed by atoms with Gasteiger partial charge in [0.15, 0.2) is 0 Å². The Morgan fingerprint density at radius 2 is 0.500 bits per heavy atom. The summed E-state index contributed by atoms with van der Waals surface area (Å²) in [6.07, 6.45) is 0. The molecule has 2 nitrogen and oxygen atoms in total. The van der Waals surface area contributed by atoms with Gasteiger partial charge in [0.25, 0.3) is 0 Å². The monoisotopic (exact) mass is 346 g/mol. The summed E-state index contributed by atoms with van der Waals surface area (Å²) >= 11 is 7.62. The van der Waals surface area contributed by atoms with Gasteiger partial charge in [-0.3, -0.25) is 0 Å². The van der Waals surface area contributed by atoms with Gasteiger partial charge in [-0.25, -0.2) is 10.8 Å². The zero-order chi connectivity index (χ0) is 13.9. The van der Waals surface area contributed by atoms with Gasteiger partial charge in [0.05, 0.1) is 10.3 Å². The van der Waals surface area contributed by atoms with Gasteiger partial charge < -0.3 is 0 Å². The van der Waals surface area contributed by atoms with Crippen molar-refractivity contribution in [3.63, 3.8) is 0 Å². The van der Waals surface area contributed by atoms with E-state index in [1.54, 1.807) is 10.3 Å². The lowest BCUT2D eigenvalue weighted by Gasteiger charge is -1.69. The van der Waals surface area contributed by atoms with Crippen LogP contribution in [0.5, 0.6) is 0 Å². The Kier molecular flexibility index (Phi) is 41.3. The Labute approximate surface area is 143 Å². The second-order valence-electron chi connectivity index (χ2n) is 2.51. The molecule has 0 unspecified atom stereocenters. The average molecular weight is 347 g/mol. The third-order valence-electron chi connectivity index (χ3n) is 1.33. The third kappa shape index (κ3) is 36.0. The summed E-state index contributed by atoms with van der Waals surface area (Å²) in [5.74, 6) is 0. The number of rotatable bonds is 0. The fourth-order valence-corrected chi connectivity index (χ4v) is 0.770. The highest BCUT2D eigenvalue weighted by Gasteiger charge is 1.58. The van der Waals surface area contributed by atoms with Crippen molar-refractivity contribution < 1.29 is 0 Å². The first kappa shape index (κ1) is 27.0. The molecule has 2 N–H and O–H groups in total. The summed E-state index contributed by atoms with van der Waals surface area (Å²) in [5.41, 5.74) is 0. The number of halogens is 2. The van der Waals surface area contributed by atoms with Crippen LogP contribution in [0.1, 0.15) is 0 Å². The van der Waals surface area contributed by atoms with Crippen molar-refractivity contribution in [2.75, 3.05) is 0 Å². The molecule has 0 amide bonds. The minimum Gasteiger partial charge on any atom is -0.248 e. The molecule has 2 aromatic rings. The van der Waals surface area contributed by atoms with Gasteiger partial charge in [-0.1, -0.05) is 72.8 Å². The Balaban J connectivity index is -0.0000000874. The molecule has 2 rings (SSSR count). The van der Waals surface area contributed by atoms with Crippen LogP contribution < -0.4 is 0 Å². The lowest BCUT2D eigenvalue weighted by Crippen LogP contribution is -1.47. The van der Waals surface area contributed by atoms with Gasteiger partial charge in [0.2, 0.25) is 0 Å². The van der Waals surface area contributed by atoms with Crippen LogP contribution >= 0.6 is 49.2 Å². The Hall–Kier alpha value is -1.38. The molecule has 0 saturated carbocycles. The molecule has 2 aromatic carbocycles. The van der Waals surface area contributed by atoms with Crippen molar-refractivity contribution in [2.24, 2.45) is 0 Å². The molecule has 0 spiro atoms. The largest absolute Gasteiger partial charge is 0.248 e. The number of hydrogen-bond acceptors (Lipinski definition) is 4. The Bertz CT molecular complexity index is 331. The molecule has 0 aromatic heterocycles. The molecule has 6 heteroatoms. The van der Waals surface area contributed by atoms with Crippen molar-refractivity contribution in [3.05, 3.63) is 72.8 Å². The van der Waals surface area contributed by atoms with Gasteiger partial charge in [0, 0.05) is 0 Å². The molecule has 0 aliphatic heterocycles. The minimum atomic E-state index is 0. The van der Waals surface area contributed by atoms with Crippen LogP contribution in [0.3, 0.4) is 0 Å². The van der Waals surface area contributed by atoms with Crippen LogP contribution in [-0.2, 0) is 0 Å². The first-order chi connectivity index (χ1) is 8.83. The number of nitrogens with one attached hydrogen (secondary N) is 2. The predicted molar refractivity (Wildman–Crippen MR) is 98.0 cm³/mol. The van der Waals surface area contributed by atoms with Crippen LogP contribution in [0.15, 0.2) is 72.8 Å². The first-order valence-corrected chi connectivity index (χ1v) is 5.72. The molecule has 0 bridgehead atoms. The summed E-state index contributed by atoms with van der Waals surface area (Å²) in [4.78, 5) is 0. The van der Waals surface area contributed by atoms with Gasteiger partial charge in [-0.2, -0.15) is 0 Å². The maximum atomic E-state index is 5.77. The zero-order valence-electron chi connectivity index (χ0n) is 10.6. The highest BCUT2D eigenvalue weighted by atomic mass is 35.5. The van der Waals surface area contributed by atoms with E-state index in [2.05, 4.69) is 24.4 Å². The van der Waals surface area contributed by atoms with E-state index in [1.165, 1.54) is 0 Å². The van der Waals surface area contributed by atoms with E-state index >= 15 is 0 Å². The van der Waals surface area contributed by atoms with Gasteiger partial charge in [-0.15, -0.1) is 24.8 Å². The van der Waals surface area contributed by atoms with E-state index in [4.69, 9.17) is 10.8 Å². The summed E-state index contributed by atoms with van der Waals surface area (Å²) < 4.78 is 0. The molecule has 0 radical (unpaired) electrons. The molecular formula is C14H16Cl2N2S2. The standard InChI is InChI=1S/2C6H6.2CHNS.2ClH/c2*1-2-4-6-5-3-1;2*2-1-3;;/h2*1-6H;2*2H;2*1H. The molecule has 0 aliphatic carbocycles. The van der Waals surface area contributed by atoms with Crippen molar-refractivity contribution >= 4 is 59.6 Å². The van der Waals surface area contributed by atoms with Crippen LogP contribution in [0.4, 0.5) is 0 Å². The molecule has 0 aliphatic rings. The molecule has 20 heavy (non-hydrogen) atoms. The second-order valence-corrected chi connectivity index (χ2v) is 2.92. The van der Waals surface area contributed by atoms with Crippen LogP contribution in [0, 0.1) is 10.8 Å². The summed E-state index contributed by atoms with van der Waals surface area (Å²) in [6.45, 7) is 0. The summed E-state index contributed by atoms with van der Waals surface area (Å²) in [6, 6.07) is 24.0. The molecule has 0 heterocycles. The first-order valence-electron chi connectivity index (χ1n) is 4.91. The van der Waals surface area contributed by atoms with Crippen molar-refractivity contribution in [1.29, 1.82) is 10.8 Å². The van der Waals surface area contributed by atoms with Crippen LogP contribution in [-0.4, -0.2) is 10.3 Å². The van der Waals surface area contributed by atoms with E-state index in [1.807, 2.05) is 72.8 Å². The maximum absolute atomic E-state index is 5.77. The predicted octanol–water partition coefficient (Wildman–Crippen LogP) is 5.55. The number of benzene rings is 2. The fourth-order valence-electron chi connectivity index (χ4n) is 0.770. The Morgan fingerprint density at radius 1 is 0.450 bits per heavy atom. The summed E-state index contributed by atoms with van der Waals surface area (Å²) in [5, 5.41) is 14.7. The van der Waals surface area contributed by atoms with Gasteiger partial charge in [0.1, 0.15) is 0 Å². The van der Waals surface area contributed by atoms with Crippen molar-refractivity contribution in [2.45, 2.75) is 0 Å². The van der Waals surface area contributed by atoms with E-state index in [0.717, 1.165) is 0 Å². The van der Waals surface area contributed by atoms with Crippen LogP contribution in [0.25, 0.3) is 0 Å². The van der Waals surface area contributed by atoms with E-state index in [0.29, 0.717) is 0 Å². The highest BCUT2D eigenvalue weighted by molar-refractivity contribution is 7.78. The lowest BCUT2D eigenvalue weighted by molar-refractivity contribution is 1.61. The van der Waals surface area contributed by atoms with Crippen molar-refractivity contribution in [3.8, 4) is 0 Å². The topological polar surface area (TPSA) is 47.7 Å². The van der Waals surface area contributed by atoms with E-state index in [9.17, 15) is 0 Å². The maximum Gasteiger partial charge on any atom is 0.0554 e. The van der Waals surface area contributed by atoms with Crippen molar-refractivity contribution in [1.82, 2.24) is 0 Å². The quantitative estimate of drug-likeness (QED) is 0.485. The van der Waals surface area contributed by atoms with Gasteiger partial charge >= 0.3 is 0 Å². The molecule has 0 saturated heterocycles. The Morgan fingerprint density at radius 3 is 0.550 bits per heavy atom. The fraction of sp³-hybridized carbons (Fsp3) is 0. The third-order valence-corrected chi connectivity index (χ3v) is 1.33. The number of isothiocyanates is 2. The summed E-state index contributed by atoms with van der Waals surface area (Å²) in [7, 11) is 0. The SMILES string of the molecule is Cl.Cl.N=C=S.N=C=S.c1ccccc1.c1ccccc1. The normalized spacial score (nSPS) is 5.60. The molecule has 0 atom stereocenters. The average Bonchev–Trinajstić information content (AvgIpc) is 2.45. The lowest BCUT2D eigenvalue weighted by atomic mass is 10.4. The highest BCUT2D eigenvalue weighted by Crippen LogP contribution is 1.80. The molecule has 108 valence electrons. The van der Waals surface area contributed by atoms with Gasteiger partial charge in [-0.05, 0) is 24.4 Å². The van der Waals surface area contributed by atoms with Crippen LogP contribution in [0.2, 0.25) is 0 Å². The minimum absolute atomic E-state index is 0. The molecule has 0 fully saturated rings. The molecular weight excluding hydrogens is 331 g/mol. The van der Waals surface area contributed by atoms with E-state index in [-0.39, 0.29) is 24.8 Å². The second kappa shape index (κ2) is 30.6. The van der Waals surface area contributed by atoms with E-state index < -0.39 is 0 Å². The smallest absolute Gasteiger partial charge is 0.0554 e. The number of hydrogen-bond donors (Lipinski definition) is 2.